The third-order valence-electron chi connectivity index (χ3n) is 4.83. The average molecular weight is 317 g/mol. The second-order valence-corrected chi connectivity index (χ2v) is 6.57. The lowest BCUT2D eigenvalue weighted by Crippen LogP contribution is -2.52. The maximum absolute atomic E-state index is 12.4. The summed E-state index contributed by atoms with van der Waals surface area (Å²) >= 11 is 0. The molecule has 5 heteroatoms. The number of anilines is 1. The number of hydrogen-bond donors (Lipinski definition) is 1. The Morgan fingerprint density at radius 2 is 2.09 bits per heavy atom. The Morgan fingerprint density at radius 3 is 2.87 bits per heavy atom. The molecule has 2 fully saturated rings. The minimum Gasteiger partial charge on any atom is -0.373 e. The number of morpholine rings is 1. The van der Waals surface area contributed by atoms with E-state index in [-0.39, 0.29) is 12.1 Å². The molecule has 126 valence electrons. The van der Waals surface area contributed by atoms with Crippen LogP contribution in [-0.4, -0.2) is 60.8 Å². The number of likely N-dealkylation sites (tertiary alicyclic amines) is 1. The zero-order valence-corrected chi connectivity index (χ0v) is 13.9. The summed E-state index contributed by atoms with van der Waals surface area (Å²) in [4.78, 5) is 16.8. The number of nitrogens with zero attached hydrogens (tertiary/aromatic N) is 2. The fourth-order valence-electron chi connectivity index (χ4n) is 3.43. The molecule has 0 aliphatic carbocycles. The highest BCUT2D eigenvalue weighted by molar-refractivity contribution is 5.89. The zero-order valence-electron chi connectivity index (χ0n) is 13.9. The number of benzene rings is 1. The van der Waals surface area contributed by atoms with E-state index in [0.29, 0.717) is 25.7 Å². The first kappa shape index (κ1) is 16.3. The van der Waals surface area contributed by atoms with Crippen LogP contribution >= 0.6 is 0 Å². The Morgan fingerprint density at radius 1 is 1.26 bits per heavy atom. The Hall–Kier alpha value is -1.59. The summed E-state index contributed by atoms with van der Waals surface area (Å²) in [5.41, 5.74) is 0.838. The van der Waals surface area contributed by atoms with E-state index in [2.05, 4.69) is 17.1 Å². The molecule has 2 aliphatic heterocycles. The van der Waals surface area contributed by atoms with Crippen molar-refractivity contribution < 1.29 is 9.53 Å². The van der Waals surface area contributed by atoms with Crippen molar-refractivity contribution in [2.24, 2.45) is 0 Å². The van der Waals surface area contributed by atoms with Crippen molar-refractivity contribution in [1.29, 1.82) is 0 Å². The van der Waals surface area contributed by atoms with Gasteiger partial charge in [0, 0.05) is 31.4 Å². The highest BCUT2D eigenvalue weighted by atomic mass is 16.5. The summed E-state index contributed by atoms with van der Waals surface area (Å²) in [5, 5.41) is 2.96. The third-order valence-corrected chi connectivity index (χ3v) is 4.83. The SMILES string of the molecule is CC1CCCCN1CC1CN(C(=O)Nc2ccccc2)CCO1. The van der Waals surface area contributed by atoms with E-state index in [1.165, 1.54) is 19.3 Å². The van der Waals surface area contributed by atoms with Crippen LogP contribution in [-0.2, 0) is 4.74 Å². The Labute approximate surface area is 138 Å². The molecular formula is C18H27N3O2. The van der Waals surface area contributed by atoms with Gasteiger partial charge in [0.1, 0.15) is 0 Å². The first-order valence-corrected chi connectivity index (χ1v) is 8.69. The highest BCUT2D eigenvalue weighted by Gasteiger charge is 2.28. The number of ether oxygens (including phenoxy) is 1. The van der Waals surface area contributed by atoms with Crippen LogP contribution in [0.2, 0.25) is 0 Å². The van der Waals surface area contributed by atoms with Crippen LogP contribution in [0.25, 0.3) is 0 Å². The van der Waals surface area contributed by atoms with Crippen LogP contribution in [0.4, 0.5) is 10.5 Å². The Bertz CT molecular complexity index is 508. The van der Waals surface area contributed by atoms with Gasteiger partial charge in [0.05, 0.1) is 12.7 Å². The van der Waals surface area contributed by atoms with Crippen LogP contribution in [0.3, 0.4) is 0 Å². The highest BCUT2D eigenvalue weighted by Crippen LogP contribution is 2.18. The minimum absolute atomic E-state index is 0.0313. The quantitative estimate of drug-likeness (QED) is 0.932. The van der Waals surface area contributed by atoms with E-state index >= 15 is 0 Å². The Kier molecular flexibility index (Phi) is 5.51. The molecule has 2 heterocycles. The lowest BCUT2D eigenvalue weighted by atomic mass is 10.0. The topological polar surface area (TPSA) is 44.8 Å². The Balaban J connectivity index is 1.52. The van der Waals surface area contributed by atoms with Crippen molar-refractivity contribution in [3.63, 3.8) is 0 Å². The molecule has 0 radical (unpaired) electrons. The van der Waals surface area contributed by atoms with Crippen LogP contribution in [0, 0.1) is 0 Å². The molecule has 2 saturated heterocycles. The van der Waals surface area contributed by atoms with Crippen molar-refractivity contribution in [2.45, 2.75) is 38.3 Å². The van der Waals surface area contributed by atoms with Crippen molar-refractivity contribution in [2.75, 3.05) is 38.1 Å². The molecule has 1 N–H and O–H groups in total. The predicted molar refractivity (Wildman–Crippen MR) is 91.7 cm³/mol. The van der Waals surface area contributed by atoms with Crippen LogP contribution in [0.5, 0.6) is 0 Å². The van der Waals surface area contributed by atoms with Gasteiger partial charge < -0.3 is 15.0 Å². The van der Waals surface area contributed by atoms with Gasteiger partial charge in [-0.05, 0) is 38.4 Å². The molecule has 3 rings (SSSR count). The molecule has 23 heavy (non-hydrogen) atoms. The van der Waals surface area contributed by atoms with Gasteiger partial charge in [-0.1, -0.05) is 24.6 Å². The maximum atomic E-state index is 12.4. The molecule has 2 unspecified atom stereocenters. The van der Waals surface area contributed by atoms with Gasteiger partial charge >= 0.3 is 6.03 Å². The van der Waals surface area contributed by atoms with Crippen molar-refractivity contribution >= 4 is 11.7 Å². The molecule has 0 spiro atoms. The lowest BCUT2D eigenvalue weighted by molar-refractivity contribution is -0.0377. The van der Waals surface area contributed by atoms with Gasteiger partial charge in [0.25, 0.3) is 0 Å². The molecule has 2 atom stereocenters. The van der Waals surface area contributed by atoms with E-state index in [1.54, 1.807) is 0 Å². The maximum Gasteiger partial charge on any atom is 0.322 e. The number of amides is 2. The van der Waals surface area contributed by atoms with Gasteiger partial charge in [-0.15, -0.1) is 0 Å². The second kappa shape index (κ2) is 7.79. The number of rotatable bonds is 3. The smallest absolute Gasteiger partial charge is 0.322 e. The monoisotopic (exact) mass is 317 g/mol. The molecule has 0 saturated carbocycles. The van der Waals surface area contributed by atoms with Crippen LogP contribution in [0.15, 0.2) is 30.3 Å². The molecular weight excluding hydrogens is 290 g/mol. The number of para-hydroxylation sites is 1. The van der Waals surface area contributed by atoms with Crippen molar-refractivity contribution in [1.82, 2.24) is 9.80 Å². The summed E-state index contributed by atoms with van der Waals surface area (Å²) in [6, 6.07) is 10.2. The van der Waals surface area contributed by atoms with E-state index in [0.717, 1.165) is 18.8 Å². The van der Waals surface area contributed by atoms with E-state index in [4.69, 9.17) is 4.74 Å². The third kappa shape index (κ3) is 4.45. The predicted octanol–water partition coefficient (Wildman–Crippen LogP) is 2.79. The fourth-order valence-corrected chi connectivity index (χ4v) is 3.43. The lowest BCUT2D eigenvalue weighted by Gasteiger charge is -2.39. The van der Waals surface area contributed by atoms with Gasteiger partial charge in [-0.3, -0.25) is 4.90 Å². The van der Waals surface area contributed by atoms with Crippen LogP contribution < -0.4 is 5.32 Å². The largest absolute Gasteiger partial charge is 0.373 e. The molecule has 1 aromatic carbocycles. The van der Waals surface area contributed by atoms with Crippen molar-refractivity contribution in [3.05, 3.63) is 30.3 Å². The molecule has 5 nitrogen and oxygen atoms in total. The summed E-state index contributed by atoms with van der Waals surface area (Å²) < 4.78 is 5.90. The number of carbonyl (C=O) groups excluding carboxylic acids is 1. The zero-order chi connectivity index (χ0) is 16.1. The minimum atomic E-state index is -0.0313. The number of nitrogens with one attached hydrogen (secondary N) is 1. The second-order valence-electron chi connectivity index (χ2n) is 6.57. The number of urea groups is 1. The first-order chi connectivity index (χ1) is 11.2. The standard InChI is InChI=1S/C18H27N3O2/c1-15-7-5-6-10-20(15)13-17-14-21(11-12-23-17)18(22)19-16-8-3-2-4-9-16/h2-4,8-9,15,17H,5-7,10-14H2,1H3,(H,19,22). The van der Waals surface area contributed by atoms with Crippen LogP contribution in [0.1, 0.15) is 26.2 Å². The van der Waals surface area contributed by atoms with Gasteiger partial charge in [0.2, 0.25) is 0 Å². The molecule has 0 bridgehead atoms. The summed E-state index contributed by atoms with van der Waals surface area (Å²) in [6.45, 7) is 6.32. The summed E-state index contributed by atoms with van der Waals surface area (Å²) in [7, 11) is 0. The van der Waals surface area contributed by atoms with E-state index in [1.807, 2.05) is 35.2 Å². The molecule has 2 aliphatic rings. The number of carbonyl (C=O) groups is 1. The summed E-state index contributed by atoms with van der Waals surface area (Å²) in [6.07, 6.45) is 3.99. The molecule has 0 aromatic heterocycles. The van der Waals surface area contributed by atoms with Gasteiger partial charge in [0.15, 0.2) is 0 Å². The normalized spacial score (nSPS) is 26.0. The fraction of sp³-hybridized carbons (Fsp3) is 0.611. The first-order valence-electron chi connectivity index (χ1n) is 8.69. The average Bonchev–Trinajstić information content (AvgIpc) is 2.58. The summed E-state index contributed by atoms with van der Waals surface area (Å²) in [5.74, 6) is 0. The number of hydrogen-bond acceptors (Lipinski definition) is 3. The number of piperidine rings is 1. The van der Waals surface area contributed by atoms with E-state index < -0.39 is 0 Å². The van der Waals surface area contributed by atoms with E-state index in [9.17, 15) is 4.79 Å². The molecule has 2 amide bonds. The van der Waals surface area contributed by atoms with Gasteiger partial charge in [-0.2, -0.15) is 0 Å². The molecule has 1 aromatic rings. The van der Waals surface area contributed by atoms with Crippen molar-refractivity contribution in [3.8, 4) is 0 Å². The van der Waals surface area contributed by atoms with Gasteiger partial charge in [-0.25, -0.2) is 4.79 Å².